The highest BCUT2D eigenvalue weighted by Gasteiger charge is 2.40. The number of hydrogen-bond donors (Lipinski definition) is 2. The van der Waals surface area contributed by atoms with Crippen LogP contribution in [-0.4, -0.2) is 44.5 Å². The van der Waals surface area contributed by atoms with Gasteiger partial charge in [-0.25, -0.2) is 0 Å². The Balaban J connectivity index is 2.63. The first-order valence-electron chi connectivity index (χ1n) is 8.36. The van der Waals surface area contributed by atoms with E-state index in [4.69, 9.17) is 8.23 Å². The molecule has 0 aromatic carbocycles. The highest BCUT2D eigenvalue weighted by Crippen LogP contribution is 2.26. The monoisotopic (exact) mass is 348 g/mol. The van der Waals surface area contributed by atoms with Crippen LogP contribution in [0, 0.1) is 0 Å². The van der Waals surface area contributed by atoms with E-state index in [2.05, 4.69) is 56.5 Å². The molecule has 126 valence electrons. The van der Waals surface area contributed by atoms with Gasteiger partial charge in [0.25, 0.3) is 0 Å². The smallest absolute Gasteiger partial charge is 0.314 e. The van der Waals surface area contributed by atoms with Gasteiger partial charge in [0.1, 0.15) is 0 Å². The van der Waals surface area contributed by atoms with Crippen molar-refractivity contribution in [3.8, 4) is 0 Å². The van der Waals surface area contributed by atoms with Crippen molar-refractivity contribution >= 4 is 25.2 Å². The van der Waals surface area contributed by atoms with Crippen LogP contribution in [0.25, 0.3) is 0 Å². The molecule has 0 amide bonds. The summed E-state index contributed by atoms with van der Waals surface area (Å²) in [5.41, 5.74) is 0. The van der Waals surface area contributed by atoms with Crippen LogP contribution in [0.4, 0.5) is 0 Å². The third-order valence-corrected chi connectivity index (χ3v) is 12.9. The quantitative estimate of drug-likeness (QED) is 0.692. The molecule has 0 aliphatic carbocycles. The largest absolute Gasteiger partial charge is 0.437 e. The summed E-state index contributed by atoms with van der Waals surface area (Å²) in [4.78, 5) is 0. The summed E-state index contributed by atoms with van der Waals surface area (Å²) < 4.78 is 13.1. The molecule has 0 saturated carbocycles. The summed E-state index contributed by atoms with van der Waals surface area (Å²) in [5, 5.41) is 7.21. The van der Waals surface area contributed by atoms with Crippen LogP contribution in [0.1, 0.15) is 19.3 Å². The first-order valence-corrected chi connectivity index (χ1v) is 17.7. The van der Waals surface area contributed by atoms with E-state index < -0.39 is 25.2 Å². The molecule has 0 unspecified atom stereocenters. The predicted octanol–water partition coefficient (Wildman–Crippen LogP) is 3.45. The van der Waals surface area contributed by atoms with Gasteiger partial charge >= 0.3 is 8.56 Å². The first-order chi connectivity index (χ1) is 9.49. The SMILES string of the molecule is C[Si](C)(C)O[Si](C)(CCC1NCCCCN1)O[Si](C)(C)C. The van der Waals surface area contributed by atoms with Crippen LogP contribution >= 0.6 is 0 Å². The maximum absolute atomic E-state index is 6.56. The van der Waals surface area contributed by atoms with Gasteiger partial charge < -0.3 is 18.9 Å². The molecule has 7 heteroatoms. The second-order valence-electron chi connectivity index (χ2n) is 8.27. The summed E-state index contributed by atoms with van der Waals surface area (Å²) in [7, 11) is -5.22. The molecule has 21 heavy (non-hydrogen) atoms. The maximum Gasteiger partial charge on any atom is 0.314 e. The van der Waals surface area contributed by atoms with Crippen molar-refractivity contribution in [3.05, 3.63) is 0 Å². The van der Waals surface area contributed by atoms with Crippen LogP contribution in [-0.2, 0) is 8.23 Å². The third kappa shape index (κ3) is 9.27. The summed E-state index contributed by atoms with van der Waals surface area (Å²) in [5.74, 6) is 0. The lowest BCUT2D eigenvalue weighted by Crippen LogP contribution is -2.53. The molecule has 0 spiro atoms. The zero-order chi connectivity index (χ0) is 16.1. The minimum atomic E-state index is -2.08. The molecule has 1 aliphatic rings. The van der Waals surface area contributed by atoms with Gasteiger partial charge in [0.05, 0.1) is 6.17 Å². The first kappa shape index (κ1) is 19.5. The molecule has 4 nitrogen and oxygen atoms in total. The second kappa shape index (κ2) is 7.85. The minimum Gasteiger partial charge on any atom is -0.437 e. The number of hydrogen-bond acceptors (Lipinski definition) is 4. The Morgan fingerprint density at radius 1 is 0.810 bits per heavy atom. The normalized spacial score (nSPS) is 19.6. The van der Waals surface area contributed by atoms with Crippen molar-refractivity contribution in [2.75, 3.05) is 13.1 Å². The van der Waals surface area contributed by atoms with Gasteiger partial charge in [0.2, 0.25) is 0 Å². The minimum absolute atomic E-state index is 0.426. The summed E-state index contributed by atoms with van der Waals surface area (Å²) in [6, 6.07) is 1.08. The maximum atomic E-state index is 6.56. The molecule has 0 aromatic rings. The van der Waals surface area contributed by atoms with E-state index in [1.54, 1.807) is 0 Å². The van der Waals surface area contributed by atoms with E-state index >= 15 is 0 Å². The average Bonchev–Trinajstić information content (AvgIpc) is 2.49. The Morgan fingerprint density at radius 3 is 1.62 bits per heavy atom. The summed E-state index contributed by atoms with van der Waals surface area (Å²) in [6.45, 7) is 18.2. The molecule has 2 N–H and O–H groups in total. The van der Waals surface area contributed by atoms with Crippen LogP contribution in [0.15, 0.2) is 0 Å². The third-order valence-electron chi connectivity index (χ3n) is 3.32. The lowest BCUT2D eigenvalue weighted by molar-refractivity contribution is 0.366. The molecule has 1 rings (SSSR count). The Bertz CT molecular complexity index is 292. The van der Waals surface area contributed by atoms with Crippen molar-refractivity contribution in [1.29, 1.82) is 0 Å². The fraction of sp³-hybridized carbons (Fsp3) is 1.00. The Kier molecular flexibility index (Phi) is 7.30. The molecule has 1 heterocycles. The van der Waals surface area contributed by atoms with Gasteiger partial charge in [-0.1, -0.05) is 0 Å². The molecule has 0 atom stereocenters. The van der Waals surface area contributed by atoms with Crippen molar-refractivity contribution in [2.24, 2.45) is 0 Å². The van der Waals surface area contributed by atoms with Crippen molar-refractivity contribution in [3.63, 3.8) is 0 Å². The molecular formula is C14H36N2O2Si3. The summed E-state index contributed by atoms with van der Waals surface area (Å²) in [6.07, 6.45) is 4.08. The van der Waals surface area contributed by atoms with Gasteiger partial charge in [-0.15, -0.1) is 0 Å². The van der Waals surface area contributed by atoms with Gasteiger partial charge in [-0.05, 0) is 84.2 Å². The molecular weight excluding hydrogens is 312 g/mol. The Hall–Kier alpha value is 0.491. The zero-order valence-electron chi connectivity index (χ0n) is 15.1. The molecule has 0 aromatic heterocycles. The highest BCUT2D eigenvalue weighted by molar-refractivity contribution is 6.87. The standard InChI is InChI=1S/C14H36N2O2Si3/c1-19(2,3)17-21(7,18-20(4,5)6)13-10-14-15-11-8-9-12-16-14/h14-16H,8-13H2,1-7H3. The number of nitrogens with one attached hydrogen (secondary N) is 2. The van der Waals surface area contributed by atoms with E-state index in [1.165, 1.54) is 12.8 Å². The van der Waals surface area contributed by atoms with Crippen molar-refractivity contribution in [1.82, 2.24) is 10.6 Å². The zero-order valence-corrected chi connectivity index (χ0v) is 18.1. The fourth-order valence-electron chi connectivity index (χ4n) is 2.90. The van der Waals surface area contributed by atoms with Crippen molar-refractivity contribution in [2.45, 2.75) is 77.3 Å². The van der Waals surface area contributed by atoms with Gasteiger partial charge in [0, 0.05) is 0 Å². The van der Waals surface area contributed by atoms with Gasteiger partial charge in [-0.2, -0.15) is 0 Å². The van der Waals surface area contributed by atoms with Crippen LogP contribution in [0.2, 0.25) is 51.9 Å². The van der Waals surface area contributed by atoms with Crippen LogP contribution in [0.3, 0.4) is 0 Å². The lowest BCUT2D eigenvalue weighted by Gasteiger charge is -2.39. The highest BCUT2D eigenvalue weighted by atomic mass is 28.5. The van der Waals surface area contributed by atoms with Crippen LogP contribution in [0.5, 0.6) is 0 Å². The van der Waals surface area contributed by atoms with E-state index in [-0.39, 0.29) is 0 Å². The fourth-order valence-corrected chi connectivity index (χ4v) is 15.4. The van der Waals surface area contributed by atoms with E-state index in [0.717, 1.165) is 25.6 Å². The van der Waals surface area contributed by atoms with E-state index in [9.17, 15) is 0 Å². The van der Waals surface area contributed by atoms with Gasteiger partial charge in [0.15, 0.2) is 16.6 Å². The topological polar surface area (TPSA) is 42.5 Å². The predicted molar refractivity (Wildman–Crippen MR) is 98.9 cm³/mol. The molecule has 0 bridgehead atoms. The van der Waals surface area contributed by atoms with Crippen molar-refractivity contribution < 1.29 is 8.23 Å². The molecule has 0 radical (unpaired) electrons. The Labute approximate surface area is 134 Å². The average molecular weight is 349 g/mol. The van der Waals surface area contributed by atoms with E-state index in [0.29, 0.717) is 6.17 Å². The molecule has 1 aliphatic heterocycles. The Morgan fingerprint density at radius 2 is 1.24 bits per heavy atom. The van der Waals surface area contributed by atoms with E-state index in [1.807, 2.05) is 0 Å². The molecule has 1 fully saturated rings. The lowest BCUT2D eigenvalue weighted by atomic mass is 10.3. The number of rotatable bonds is 7. The summed E-state index contributed by atoms with van der Waals surface area (Å²) >= 11 is 0. The second-order valence-corrected chi connectivity index (χ2v) is 21.1. The van der Waals surface area contributed by atoms with Crippen LogP contribution < -0.4 is 10.6 Å². The van der Waals surface area contributed by atoms with Gasteiger partial charge in [-0.3, -0.25) is 0 Å². The molecule has 1 saturated heterocycles.